The summed E-state index contributed by atoms with van der Waals surface area (Å²) >= 11 is 0. The third kappa shape index (κ3) is 5.25. The average molecular weight is 422 g/mol. The maximum Gasteiger partial charge on any atom is 0.258 e. The van der Waals surface area contributed by atoms with Crippen molar-refractivity contribution in [2.45, 2.75) is 13.0 Å². The van der Waals surface area contributed by atoms with Crippen molar-refractivity contribution in [3.8, 4) is 17.2 Å². The molecular formula is C24H26N2O5. The maximum absolute atomic E-state index is 12.5. The molecule has 0 unspecified atom stereocenters. The van der Waals surface area contributed by atoms with Gasteiger partial charge in [-0.05, 0) is 42.3 Å². The summed E-state index contributed by atoms with van der Waals surface area (Å²) in [6.45, 7) is 4.42. The van der Waals surface area contributed by atoms with Crippen molar-refractivity contribution >= 4 is 16.7 Å². The molecular weight excluding hydrogens is 396 g/mol. The normalized spacial score (nSPS) is 10.5. The van der Waals surface area contributed by atoms with Crippen LogP contribution in [0.15, 0.2) is 66.1 Å². The predicted molar refractivity (Wildman–Crippen MR) is 120 cm³/mol. The van der Waals surface area contributed by atoms with Gasteiger partial charge in [-0.2, -0.15) is 0 Å². The van der Waals surface area contributed by atoms with Crippen molar-refractivity contribution in [3.05, 3.63) is 77.2 Å². The van der Waals surface area contributed by atoms with Gasteiger partial charge in [0.2, 0.25) is 0 Å². The quantitative estimate of drug-likeness (QED) is 0.508. The van der Waals surface area contributed by atoms with E-state index in [9.17, 15) is 9.59 Å². The van der Waals surface area contributed by atoms with Gasteiger partial charge in [0, 0.05) is 24.7 Å². The van der Waals surface area contributed by atoms with Gasteiger partial charge in [-0.15, -0.1) is 6.58 Å². The molecule has 7 nitrogen and oxygen atoms in total. The van der Waals surface area contributed by atoms with Gasteiger partial charge in [0.25, 0.3) is 11.5 Å². The molecule has 3 aromatic rings. The molecule has 1 aromatic heterocycles. The van der Waals surface area contributed by atoms with Crippen LogP contribution in [-0.4, -0.2) is 37.8 Å². The van der Waals surface area contributed by atoms with E-state index in [1.165, 1.54) is 0 Å². The number of allylic oxidation sites excluding steroid dienone is 1. The summed E-state index contributed by atoms with van der Waals surface area (Å²) in [6.07, 6.45) is 4.01. The first-order valence-corrected chi connectivity index (χ1v) is 9.91. The Morgan fingerprint density at radius 1 is 1.06 bits per heavy atom. The molecule has 0 spiro atoms. The number of carbonyl (C=O) groups excluding carboxylic acids is 1. The highest BCUT2D eigenvalue weighted by atomic mass is 16.5. The van der Waals surface area contributed by atoms with Crippen molar-refractivity contribution in [3.63, 3.8) is 0 Å². The number of pyridine rings is 1. The second-order valence-corrected chi connectivity index (χ2v) is 6.86. The van der Waals surface area contributed by atoms with Gasteiger partial charge in [-0.25, -0.2) is 0 Å². The Labute approximate surface area is 180 Å². The van der Waals surface area contributed by atoms with Gasteiger partial charge in [0.15, 0.2) is 18.1 Å². The Morgan fingerprint density at radius 2 is 1.87 bits per heavy atom. The third-order valence-corrected chi connectivity index (χ3v) is 4.85. The van der Waals surface area contributed by atoms with E-state index in [0.29, 0.717) is 47.5 Å². The minimum absolute atomic E-state index is 0.123. The number of benzene rings is 2. The van der Waals surface area contributed by atoms with Crippen LogP contribution < -0.4 is 25.1 Å². The predicted octanol–water partition coefficient (Wildman–Crippen LogP) is 2.94. The van der Waals surface area contributed by atoms with Crippen LogP contribution in [0.4, 0.5) is 0 Å². The Bertz CT molecular complexity index is 1140. The summed E-state index contributed by atoms with van der Waals surface area (Å²) in [5.41, 5.74) is 0.894. The first-order chi connectivity index (χ1) is 15.1. The van der Waals surface area contributed by atoms with E-state index in [-0.39, 0.29) is 18.1 Å². The van der Waals surface area contributed by atoms with Crippen molar-refractivity contribution in [2.75, 3.05) is 27.4 Å². The number of ether oxygens (including phenoxy) is 3. The van der Waals surface area contributed by atoms with Gasteiger partial charge >= 0.3 is 0 Å². The molecule has 0 aliphatic rings. The number of fused-ring (bicyclic) bond motifs is 1. The maximum atomic E-state index is 12.5. The number of nitrogens with zero attached hydrogens (tertiary/aromatic N) is 1. The van der Waals surface area contributed by atoms with Crippen LogP contribution in [0.1, 0.15) is 5.56 Å². The van der Waals surface area contributed by atoms with Crippen molar-refractivity contribution in [1.29, 1.82) is 0 Å². The molecule has 1 heterocycles. The Balaban J connectivity index is 1.57. The summed E-state index contributed by atoms with van der Waals surface area (Å²) in [5.74, 6) is 1.57. The fourth-order valence-corrected chi connectivity index (χ4v) is 3.27. The topological polar surface area (TPSA) is 78.8 Å². The van der Waals surface area contributed by atoms with E-state index >= 15 is 0 Å². The number of rotatable bonds is 10. The zero-order chi connectivity index (χ0) is 22.2. The van der Waals surface area contributed by atoms with Crippen LogP contribution in [0.3, 0.4) is 0 Å². The summed E-state index contributed by atoms with van der Waals surface area (Å²) in [6, 6.07) is 12.7. The molecule has 0 saturated heterocycles. The van der Waals surface area contributed by atoms with E-state index in [1.807, 2.05) is 24.3 Å². The highest BCUT2D eigenvalue weighted by molar-refractivity contribution is 5.88. The van der Waals surface area contributed by atoms with E-state index in [2.05, 4.69) is 11.9 Å². The number of hydrogen-bond donors (Lipinski definition) is 1. The van der Waals surface area contributed by atoms with E-state index in [0.717, 1.165) is 5.56 Å². The highest BCUT2D eigenvalue weighted by Gasteiger charge is 2.10. The summed E-state index contributed by atoms with van der Waals surface area (Å²) < 4.78 is 17.8. The molecule has 1 amide bonds. The highest BCUT2D eigenvalue weighted by Crippen LogP contribution is 2.27. The van der Waals surface area contributed by atoms with Gasteiger partial charge in [0.1, 0.15) is 5.75 Å². The van der Waals surface area contributed by atoms with Gasteiger partial charge in [-0.1, -0.05) is 18.2 Å². The summed E-state index contributed by atoms with van der Waals surface area (Å²) in [7, 11) is 3.17. The summed E-state index contributed by atoms with van der Waals surface area (Å²) in [4.78, 5) is 24.7. The monoisotopic (exact) mass is 422 g/mol. The van der Waals surface area contributed by atoms with Crippen molar-refractivity contribution < 1.29 is 19.0 Å². The van der Waals surface area contributed by atoms with Crippen LogP contribution in [0.5, 0.6) is 17.2 Å². The first-order valence-electron chi connectivity index (χ1n) is 9.91. The van der Waals surface area contributed by atoms with Crippen LogP contribution >= 0.6 is 0 Å². The third-order valence-electron chi connectivity index (χ3n) is 4.85. The molecule has 31 heavy (non-hydrogen) atoms. The smallest absolute Gasteiger partial charge is 0.258 e. The number of aromatic nitrogens is 1. The van der Waals surface area contributed by atoms with Gasteiger partial charge in [-0.3, -0.25) is 9.59 Å². The Kier molecular flexibility index (Phi) is 7.32. The standard InChI is InChI=1S/C24H26N2O5/c1-4-13-26-14-11-18-19(24(26)28)6-5-7-20(18)31-16-23(27)25-12-10-17-8-9-21(29-2)22(15-17)30-3/h4-9,11,14-15H,1,10,12-13,16H2,2-3H3,(H,25,27). The largest absolute Gasteiger partial charge is 0.493 e. The molecule has 0 radical (unpaired) electrons. The summed E-state index contributed by atoms with van der Waals surface area (Å²) in [5, 5.41) is 4.05. The van der Waals surface area contributed by atoms with Crippen molar-refractivity contribution in [2.24, 2.45) is 0 Å². The molecule has 162 valence electrons. The molecule has 0 fully saturated rings. The lowest BCUT2D eigenvalue weighted by Gasteiger charge is -2.12. The fraction of sp³-hybridized carbons (Fsp3) is 0.250. The van der Waals surface area contributed by atoms with E-state index in [1.54, 1.807) is 49.3 Å². The molecule has 0 aliphatic heterocycles. The van der Waals surface area contributed by atoms with Crippen LogP contribution in [0.25, 0.3) is 10.8 Å². The lowest BCUT2D eigenvalue weighted by molar-refractivity contribution is -0.123. The second kappa shape index (κ2) is 10.3. The van der Waals surface area contributed by atoms with E-state index in [4.69, 9.17) is 14.2 Å². The second-order valence-electron chi connectivity index (χ2n) is 6.86. The molecule has 1 N–H and O–H groups in total. The Hall–Kier alpha value is -3.74. The van der Waals surface area contributed by atoms with Crippen molar-refractivity contribution in [1.82, 2.24) is 9.88 Å². The zero-order valence-electron chi connectivity index (χ0n) is 17.7. The Morgan fingerprint density at radius 3 is 2.61 bits per heavy atom. The molecule has 0 atom stereocenters. The minimum Gasteiger partial charge on any atom is -0.493 e. The number of carbonyl (C=O) groups is 1. The number of methoxy groups -OCH3 is 2. The molecule has 2 aromatic carbocycles. The molecule has 7 heteroatoms. The zero-order valence-corrected chi connectivity index (χ0v) is 17.7. The fourth-order valence-electron chi connectivity index (χ4n) is 3.27. The lowest BCUT2D eigenvalue weighted by atomic mass is 10.1. The molecule has 0 bridgehead atoms. The SMILES string of the molecule is C=CCn1ccc2c(OCC(=O)NCCc3ccc(OC)c(OC)c3)cccc2c1=O. The molecule has 0 aliphatic carbocycles. The average Bonchev–Trinajstić information content (AvgIpc) is 2.79. The first kappa shape index (κ1) is 22.0. The van der Waals surface area contributed by atoms with Crippen LogP contribution in [0, 0.1) is 0 Å². The molecule has 0 saturated carbocycles. The molecule has 3 rings (SSSR count). The minimum atomic E-state index is -0.238. The lowest BCUT2D eigenvalue weighted by Crippen LogP contribution is -2.30. The number of hydrogen-bond acceptors (Lipinski definition) is 5. The van der Waals surface area contributed by atoms with Crippen LogP contribution in [-0.2, 0) is 17.8 Å². The van der Waals surface area contributed by atoms with Gasteiger partial charge < -0.3 is 24.1 Å². The number of amides is 1. The van der Waals surface area contributed by atoms with E-state index < -0.39 is 0 Å². The van der Waals surface area contributed by atoms with Crippen LogP contribution in [0.2, 0.25) is 0 Å². The number of nitrogens with one attached hydrogen (secondary N) is 1. The van der Waals surface area contributed by atoms with Gasteiger partial charge in [0.05, 0.1) is 19.6 Å².